The highest BCUT2D eigenvalue weighted by atomic mass is 16.6. The standard InChI is InChI=1S/C31H42N4O5/c1-20(2)17-21(3)30(38)34-28(29(32)37)11-6-7-16-33-31(39)27-10-8-9-24(18-27)19-40-35-22(4)25-12-14-26(15-13-25)23(5)36/h8-10,12-15,18,20-21,28H,6-7,11,16-17,19H2,1-5H3,(H2,32,37)(H,33,39)(H,34,38)/b35-22+/t21-,28-/m0/s1. The van der Waals surface area contributed by atoms with Gasteiger partial charge in [0.15, 0.2) is 5.78 Å². The van der Waals surface area contributed by atoms with Crippen molar-refractivity contribution in [1.82, 2.24) is 10.6 Å². The van der Waals surface area contributed by atoms with Crippen LogP contribution in [-0.2, 0) is 21.0 Å². The van der Waals surface area contributed by atoms with Crippen molar-refractivity contribution in [2.75, 3.05) is 6.54 Å². The summed E-state index contributed by atoms with van der Waals surface area (Å²) in [5.74, 6) is -0.743. The summed E-state index contributed by atoms with van der Waals surface area (Å²) in [6, 6.07) is 13.5. The first-order chi connectivity index (χ1) is 19.0. The molecule has 3 amide bonds. The Balaban J connectivity index is 1.78. The minimum Gasteiger partial charge on any atom is -0.391 e. The van der Waals surface area contributed by atoms with Gasteiger partial charge < -0.3 is 21.2 Å². The number of rotatable bonds is 16. The van der Waals surface area contributed by atoms with Crippen LogP contribution in [0.3, 0.4) is 0 Å². The maximum Gasteiger partial charge on any atom is 0.251 e. The molecule has 0 unspecified atom stereocenters. The van der Waals surface area contributed by atoms with Gasteiger partial charge in [0.25, 0.3) is 5.91 Å². The lowest BCUT2D eigenvalue weighted by atomic mass is 9.97. The van der Waals surface area contributed by atoms with E-state index in [9.17, 15) is 19.2 Å². The van der Waals surface area contributed by atoms with Crippen molar-refractivity contribution in [1.29, 1.82) is 0 Å². The third-order valence-corrected chi connectivity index (χ3v) is 6.47. The van der Waals surface area contributed by atoms with E-state index in [0.29, 0.717) is 48.6 Å². The van der Waals surface area contributed by atoms with Gasteiger partial charge in [-0.2, -0.15) is 0 Å². The van der Waals surface area contributed by atoms with Crippen LogP contribution in [0.4, 0.5) is 0 Å². The molecule has 0 heterocycles. The SMILES string of the molecule is CC(=O)c1ccc(/C(C)=N/OCc2cccc(C(=O)NCCCC[C@H](NC(=O)[C@@H](C)CC(C)C)C(N)=O)c2)cc1. The molecule has 2 atom stereocenters. The van der Waals surface area contributed by atoms with E-state index in [1.54, 1.807) is 30.3 Å². The minimum absolute atomic E-state index is 0.00520. The number of nitrogens with zero attached hydrogens (tertiary/aromatic N) is 1. The predicted octanol–water partition coefficient (Wildman–Crippen LogP) is 4.38. The molecule has 2 aromatic rings. The monoisotopic (exact) mass is 550 g/mol. The van der Waals surface area contributed by atoms with Crippen LogP contribution in [0.25, 0.3) is 0 Å². The van der Waals surface area contributed by atoms with Crippen molar-refractivity contribution < 1.29 is 24.0 Å². The van der Waals surface area contributed by atoms with Gasteiger partial charge in [0, 0.05) is 23.6 Å². The maximum atomic E-state index is 12.6. The van der Waals surface area contributed by atoms with Crippen LogP contribution in [0.5, 0.6) is 0 Å². The van der Waals surface area contributed by atoms with E-state index >= 15 is 0 Å². The summed E-state index contributed by atoms with van der Waals surface area (Å²) < 4.78 is 0. The van der Waals surface area contributed by atoms with Crippen molar-refractivity contribution in [3.05, 3.63) is 70.8 Å². The smallest absolute Gasteiger partial charge is 0.251 e. The predicted molar refractivity (Wildman–Crippen MR) is 156 cm³/mol. The second kappa shape index (κ2) is 16.2. The number of hydrogen-bond acceptors (Lipinski definition) is 6. The third-order valence-electron chi connectivity index (χ3n) is 6.47. The molecule has 0 aliphatic heterocycles. The average Bonchev–Trinajstić information content (AvgIpc) is 2.91. The number of hydrogen-bond donors (Lipinski definition) is 3. The molecule has 40 heavy (non-hydrogen) atoms. The number of carbonyl (C=O) groups excluding carboxylic acids is 4. The molecule has 4 N–H and O–H groups in total. The number of carbonyl (C=O) groups is 4. The molecule has 2 aromatic carbocycles. The van der Waals surface area contributed by atoms with E-state index in [0.717, 1.165) is 17.5 Å². The van der Waals surface area contributed by atoms with Gasteiger partial charge in [-0.3, -0.25) is 19.2 Å². The van der Waals surface area contributed by atoms with Gasteiger partial charge >= 0.3 is 0 Å². The Morgan fingerprint density at radius 1 is 0.925 bits per heavy atom. The first-order valence-corrected chi connectivity index (χ1v) is 13.7. The molecule has 0 fully saturated rings. The molecule has 0 saturated heterocycles. The van der Waals surface area contributed by atoms with Gasteiger partial charge in [0.2, 0.25) is 11.8 Å². The molecule has 0 spiro atoms. The molecule has 0 radical (unpaired) electrons. The van der Waals surface area contributed by atoms with Crippen LogP contribution in [0.1, 0.15) is 92.1 Å². The van der Waals surface area contributed by atoms with Crippen molar-refractivity contribution >= 4 is 29.2 Å². The summed E-state index contributed by atoms with van der Waals surface area (Å²) >= 11 is 0. The molecule has 0 aliphatic carbocycles. The fourth-order valence-corrected chi connectivity index (χ4v) is 4.20. The van der Waals surface area contributed by atoms with E-state index in [-0.39, 0.29) is 30.1 Å². The fourth-order valence-electron chi connectivity index (χ4n) is 4.20. The van der Waals surface area contributed by atoms with Crippen LogP contribution < -0.4 is 16.4 Å². The molecule has 0 aliphatic rings. The Morgan fingerprint density at radius 3 is 2.23 bits per heavy atom. The molecule has 0 saturated carbocycles. The Labute approximate surface area is 236 Å². The van der Waals surface area contributed by atoms with Crippen LogP contribution in [0.2, 0.25) is 0 Å². The largest absolute Gasteiger partial charge is 0.391 e. The number of benzene rings is 2. The van der Waals surface area contributed by atoms with Crippen LogP contribution in [-0.4, -0.2) is 41.8 Å². The number of nitrogens with one attached hydrogen (secondary N) is 2. The molecule has 0 aromatic heterocycles. The molecular formula is C31H42N4O5. The number of unbranched alkanes of at least 4 members (excludes halogenated alkanes) is 1. The highest BCUT2D eigenvalue weighted by molar-refractivity contribution is 6.00. The summed E-state index contributed by atoms with van der Waals surface area (Å²) in [5.41, 5.74) is 8.94. The zero-order chi connectivity index (χ0) is 29.7. The summed E-state index contributed by atoms with van der Waals surface area (Å²) in [7, 11) is 0. The van der Waals surface area contributed by atoms with Gasteiger partial charge in [0.1, 0.15) is 12.6 Å². The highest BCUT2D eigenvalue weighted by Crippen LogP contribution is 2.13. The van der Waals surface area contributed by atoms with Crippen LogP contribution in [0.15, 0.2) is 53.7 Å². The summed E-state index contributed by atoms with van der Waals surface area (Å²) in [6.07, 6.45) is 2.41. The first-order valence-electron chi connectivity index (χ1n) is 13.7. The minimum atomic E-state index is -0.722. The Kier molecular flexibility index (Phi) is 13.0. The van der Waals surface area contributed by atoms with E-state index < -0.39 is 11.9 Å². The van der Waals surface area contributed by atoms with E-state index in [4.69, 9.17) is 10.6 Å². The summed E-state index contributed by atoms with van der Waals surface area (Å²) in [6.45, 7) is 9.89. The van der Waals surface area contributed by atoms with E-state index in [1.165, 1.54) is 6.92 Å². The van der Waals surface area contributed by atoms with Crippen molar-refractivity contribution in [3.63, 3.8) is 0 Å². The van der Waals surface area contributed by atoms with E-state index in [1.807, 2.05) is 45.9 Å². The zero-order valence-electron chi connectivity index (χ0n) is 24.2. The van der Waals surface area contributed by atoms with Gasteiger partial charge in [-0.25, -0.2) is 0 Å². The quantitative estimate of drug-likeness (QED) is 0.123. The van der Waals surface area contributed by atoms with Gasteiger partial charge in [-0.1, -0.05) is 62.3 Å². The Morgan fingerprint density at radius 2 is 1.60 bits per heavy atom. The van der Waals surface area contributed by atoms with Gasteiger partial charge in [-0.15, -0.1) is 0 Å². The zero-order valence-corrected chi connectivity index (χ0v) is 24.2. The summed E-state index contributed by atoms with van der Waals surface area (Å²) in [4.78, 5) is 53.7. The molecule has 9 nitrogen and oxygen atoms in total. The fraction of sp³-hybridized carbons (Fsp3) is 0.452. The van der Waals surface area contributed by atoms with Crippen molar-refractivity contribution in [2.24, 2.45) is 22.7 Å². The van der Waals surface area contributed by atoms with Crippen molar-refractivity contribution in [2.45, 2.75) is 73.0 Å². The van der Waals surface area contributed by atoms with Crippen molar-refractivity contribution in [3.8, 4) is 0 Å². The third kappa shape index (κ3) is 11.0. The molecule has 9 heteroatoms. The highest BCUT2D eigenvalue weighted by Gasteiger charge is 2.21. The topological polar surface area (TPSA) is 140 Å². The van der Waals surface area contributed by atoms with E-state index in [2.05, 4.69) is 15.8 Å². The lowest BCUT2D eigenvalue weighted by Gasteiger charge is -2.19. The number of amides is 3. The lowest BCUT2D eigenvalue weighted by molar-refractivity contribution is -0.130. The Bertz CT molecular complexity index is 1190. The van der Waals surface area contributed by atoms with Crippen LogP contribution >= 0.6 is 0 Å². The number of Topliss-reactive ketones (excluding diaryl/α,β-unsaturated/α-hetero) is 1. The Hall–Kier alpha value is -4.01. The second-order valence-corrected chi connectivity index (χ2v) is 10.5. The number of oxime groups is 1. The molecule has 2 rings (SSSR count). The molecule has 216 valence electrons. The average molecular weight is 551 g/mol. The number of primary amides is 1. The maximum absolute atomic E-state index is 12.6. The number of nitrogens with two attached hydrogens (primary N) is 1. The summed E-state index contributed by atoms with van der Waals surface area (Å²) in [5, 5.41) is 9.79. The second-order valence-electron chi connectivity index (χ2n) is 10.5. The molecular weight excluding hydrogens is 508 g/mol. The van der Waals surface area contributed by atoms with Gasteiger partial charge in [0.05, 0.1) is 5.71 Å². The molecule has 0 bridgehead atoms. The normalized spacial score (nSPS) is 12.9. The first kappa shape index (κ1) is 32.2. The lowest BCUT2D eigenvalue weighted by Crippen LogP contribution is -2.46. The van der Waals surface area contributed by atoms with Crippen LogP contribution in [0, 0.1) is 11.8 Å². The number of ketones is 1. The van der Waals surface area contributed by atoms with Gasteiger partial charge in [-0.05, 0) is 68.7 Å².